The Hall–Kier alpha value is -1.53. The third-order valence-corrected chi connectivity index (χ3v) is 4.24. The minimum Gasteiger partial charge on any atom is -0.479 e. The lowest BCUT2D eigenvalue weighted by Gasteiger charge is -2.19. The molecule has 0 bridgehead atoms. The van der Waals surface area contributed by atoms with E-state index in [2.05, 4.69) is 25.2 Å². The molecule has 1 aliphatic carbocycles. The van der Waals surface area contributed by atoms with Gasteiger partial charge in [0.15, 0.2) is 6.61 Å². The Kier molecular flexibility index (Phi) is 4.81. The van der Waals surface area contributed by atoms with E-state index in [1.165, 1.54) is 18.4 Å². The molecule has 0 aromatic heterocycles. The summed E-state index contributed by atoms with van der Waals surface area (Å²) in [5.74, 6) is 2.34. The van der Waals surface area contributed by atoms with Crippen LogP contribution in [0.4, 0.5) is 0 Å². The van der Waals surface area contributed by atoms with Gasteiger partial charge in [-0.05, 0) is 42.4 Å². The van der Waals surface area contributed by atoms with E-state index in [4.69, 9.17) is 10.00 Å². The summed E-state index contributed by atoms with van der Waals surface area (Å²) in [7, 11) is 0. The smallest absolute Gasteiger partial charge is 0.174 e. The average molecular weight is 258 g/mol. The lowest BCUT2D eigenvalue weighted by atomic mass is 9.98. The molecule has 3 heteroatoms. The molecule has 2 rings (SSSR count). The first kappa shape index (κ1) is 13.9. The maximum Gasteiger partial charge on any atom is 0.174 e. The van der Waals surface area contributed by atoms with Crippen LogP contribution in [0.5, 0.6) is 5.75 Å². The van der Waals surface area contributed by atoms with Crippen molar-refractivity contribution in [1.82, 2.24) is 5.32 Å². The number of hydrogen-bond donors (Lipinski definition) is 1. The Morgan fingerprint density at radius 1 is 1.37 bits per heavy atom. The van der Waals surface area contributed by atoms with Crippen LogP contribution in [0.2, 0.25) is 0 Å². The summed E-state index contributed by atoms with van der Waals surface area (Å²) in [4.78, 5) is 0. The summed E-state index contributed by atoms with van der Waals surface area (Å²) in [6.07, 6.45) is 2.59. The third kappa shape index (κ3) is 3.71. The predicted octanol–water partition coefficient (Wildman–Crippen LogP) is 3.11. The SMILES string of the molecule is CC1CCC(NCc2cccc(OCC#N)c2)C1C. The van der Waals surface area contributed by atoms with Crippen LogP contribution in [-0.2, 0) is 6.54 Å². The number of hydrogen-bond acceptors (Lipinski definition) is 3. The number of nitrogens with zero attached hydrogens (tertiary/aromatic N) is 1. The van der Waals surface area contributed by atoms with Crippen molar-refractivity contribution >= 4 is 0 Å². The molecule has 0 heterocycles. The Morgan fingerprint density at radius 2 is 2.21 bits per heavy atom. The first-order chi connectivity index (χ1) is 9.20. The van der Waals surface area contributed by atoms with Crippen molar-refractivity contribution in [3.05, 3.63) is 29.8 Å². The normalized spacial score (nSPS) is 26.1. The number of benzene rings is 1. The lowest BCUT2D eigenvalue weighted by molar-refractivity contribution is 0.363. The summed E-state index contributed by atoms with van der Waals surface area (Å²) in [5.41, 5.74) is 1.21. The van der Waals surface area contributed by atoms with E-state index in [-0.39, 0.29) is 6.61 Å². The maximum absolute atomic E-state index is 8.51. The fraction of sp³-hybridized carbons (Fsp3) is 0.562. The summed E-state index contributed by atoms with van der Waals surface area (Å²) >= 11 is 0. The summed E-state index contributed by atoms with van der Waals surface area (Å²) in [6.45, 7) is 5.64. The van der Waals surface area contributed by atoms with Gasteiger partial charge in [0.2, 0.25) is 0 Å². The molecule has 102 valence electrons. The summed E-state index contributed by atoms with van der Waals surface area (Å²) in [5, 5.41) is 12.2. The second kappa shape index (κ2) is 6.58. The van der Waals surface area contributed by atoms with Crippen molar-refractivity contribution in [1.29, 1.82) is 5.26 Å². The molecule has 1 aliphatic rings. The Morgan fingerprint density at radius 3 is 2.89 bits per heavy atom. The fourth-order valence-corrected chi connectivity index (χ4v) is 2.76. The zero-order chi connectivity index (χ0) is 13.7. The molecule has 19 heavy (non-hydrogen) atoms. The fourth-order valence-electron chi connectivity index (χ4n) is 2.76. The zero-order valence-corrected chi connectivity index (χ0v) is 11.7. The van der Waals surface area contributed by atoms with Crippen molar-refractivity contribution in [3.63, 3.8) is 0 Å². The van der Waals surface area contributed by atoms with E-state index in [0.29, 0.717) is 6.04 Å². The van der Waals surface area contributed by atoms with Crippen molar-refractivity contribution in [2.24, 2.45) is 11.8 Å². The molecule has 3 nitrogen and oxygen atoms in total. The number of nitriles is 1. The molecule has 0 amide bonds. The largest absolute Gasteiger partial charge is 0.479 e. The number of rotatable bonds is 5. The van der Waals surface area contributed by atoms with Crippen molar-refractivity contribution in [2.45, 2.75) is 39.3 Å². The van der Waals surface area contributed by atoms with Gasteiger partial charge in [-0.2, -0.15) is 5.26 Å². The predicted molar refractivity (Wildman–Crippen MR) is 75.7 cm³/mol. The zero-order valence-electron chi connectivity index (χ0n) is 11.7. The molecule has 0 aliphatic heterocycles. The average Bonchev–Trinajstić information content (AvgIpc) is 2.75. The van der Waals surface area contributed by atoms with Gasteiger partial charge in [-0.1, -0.05) is 26.0 Å². The number of ether oxygens (including phenoxy) is 1. The van der Waals surface area contributed by atoms with Crippen LogP contribution in [0.1, 0.15) is 32.3 Å². The van der Waals surface area contributed by atoms with Gasteiger partial charge in [0, 0.05) is 12.6 Å². The van der Waals surface area contributed by atoms with Crippen molar-refractivity contribution < 1.29 is 4.74 Å². The monoisotopic (exact) mass is 258 g/mol. The second-order valence-corrected chi connectivity index (χ2v) is 5.50. The van der Waals surface area contributed by atoms with Crippen LogP contribution in [0.3, 0.4) is 0 Å². The maximum atomic E-state index is 8.51. The Balaban J connectivity index is 1.87. The van der Waals surface area contributed by atoms with Crippen LogP contribution in [0.15, 0.2) is 24.3 Å². The van der Waals surface area contributed by atoms with Crippen LogP contribution >= 0.6 is 0 Å². The summed E-state index contributed by atoms with van der Waals surface area (Å²) in [6, 6.07) is 10.6. The van der Waals surface area contributed by atoms with E-state index < -0.39 is 0 Å². The lowest BCUT2D eigenvalue weighted by Crippen LogP contribution is -2.31. The minimum atomic E-state index is 0.105. The van der Waals surface area contributed by atoms with E-state index in [1.54, 1.807) is 0 Å². The molecular weight excluding hydrogens is 236 g/mol. The van der Waals surface area contributed by atoms with E-state index in [0.717, 1.165) is 24.1 Å². The first-order valence-electron chi connectivity index (χ1n) is 7.02. The second-order valence-electron chi connectivity index (χ2n) is 5.50. The third-order valence-electron chi connectivity index (χ3n) is 4.24. The van der Waals surface area contributed by atoms with Crippen LogP contribution < -0.4 is 10.1 Å². The van der Waals surface area contributed by atoms with Gasteiger partial charge in [0.05, 0.1) is 0 Å². The summed E-state index contributed by atoms with van der Waals surface area (Å²) < 4.78 is 5.32. The van der Waals surface area contributed by atoms with Crippen LogP contribution in [-0.4, -0.2) is 12.6 Å². The van der Waals surface area contributed by atoms with Gasteiger partial charge < -0.3 is 10.1 Å². The Labute approximate surface area is 115 Å². The molecular formula is C16H22N2O. The highest BCUT2D eigenvalue weighted by atomic mass is 16.5. The van der Waals surface area contributed by atoms with Gasteiger partial charge >= 0.3 is 0 Å². The highest BCUT2D eigenvalue weighted by Gasteiger charge is 2.28. The van der Waals surface area contributed by atoms with E-state index >= 15 is 0 Å². The van der Waals surface area contributed by atoms with Crippen molar-refractivity contribution in [2.75, 3.05) is 6.61 Å². The quantitative estimate of drug-likeness (QED) is 0.882. The molecule has 0 spiro atoms. The molecule has 1 aromatic rings. The van der Waals surface area contributed by atoms with Gasteiger partial charge in [0.1, 0.15) is 11.8 Å². The van der Waals surface area contributed by atoms with E-state index in [1.807, 2.05) is 24.3 Å². The molecule has 0 saturated heterocycles. The molecule has 0 radical (unpaired) electrons. The van der Waals surface area contributed by atoms with Gasteiger partial charge in [-0.25, -0.2) is 0 Å². The first-order valence-corrected chi connectivity index (χ1v) is 7.02. The van der Waals surface area contributed by atoms with Crippen LogP contribution in [0, 0.1) is 23.2 Å². The molecule has 3 atom stereocenters. The highest BCUT2D eigenvalue weighted by Crippen LogP contribution is 2.31. The molecule has 1 saturated carbocycles. The molecule has 1 N–H and O–H groups in total. The van der Waals surface area contributed by atoms with Crippen LogP contribution in [0.25, 0.3) is 0 Å². The Bertz CT molecular complexity index is 452. The minimum absolute atomic E-state index is 0.105. The van der Waals surface area contributed by atoms with Gasteiger partial charge in [0.25, 0.3) is 0 Å². The topological polar surface area (TPSA) is 45.0 Å². The number of nitrogens with one attached hydrogen (secondary N) is 1. The standard InChI is InChI=1S/C16H22N2O/c1-12-6-7-16(13(12)2)18-11-14-4-3-5-15(10-14)19-9-8-17/h3-5,10,12-13,16,18H,6-7,9,11H2,1-2H3. The van der Waals surface area contributed by atoms with Gasteiger partial charge in [-0.3, -0.25) is 0 Å². The molecule has 3 unspecified atom stereocenters. The molecule has 1 fully saturated rings. The van der Waals surface area contributed by atoms with E-state index in [9.17, 15) is 0 Å². The van der Waals surface area contributed by atoms with Gasteiger partial charge in [-0.15, -0.1) is 0 Å². The molecule has 1 aromatic carbocycles. The highest BCUT2D eigenvalue weighted by molar-refractivity contribution is 5.28. The van der Waals surface area contributed by atoms with Crippen molar-refractivity contribution in [3.8, 4) is 11.8 Å².